The van der Waals surface area contributed by atoms with Crippen LogP contribution in [0.1, 0.15) is 26.4 Å². The highest BCUT2D eigenvalue weighted by molar-refractivity contribution is 7.17. The molecule has 1 N–H and O–H groups in total. The number of fused-ring (bicyclic) bond motifs is 1. The van der Waals surface area contributed by atoms with E-state index in [1.165, 1.54) is 28.0 Å². The van der Waals surface area contributed by atoms with Crippen LogP contribution in [-0.2, 0) is 19.4 Å². The molecular formula is C22H21N3O2S. The summed E-state index contributed by atoms with van der Waals surface area (Å²) in [5.74, 6) is -0.462. The summed E-state index contributed by atoms with van der Waals surface area (Å²) in [5, 5.41) is 2.45. The van der Waals surface area contributed by atoms with Crippen molar-refractivity contribution in [2.45, 2.75) is 19.4 Å². The van der Waals surface area contributed by atoms with E-state index in [1.807, 2.05) is 11.5 Å². The van der Waals surface area contributed by atoms with Gasteiger partial charge in [-0.25, -0.2) is 5.43 Å². The lowest BCUT2D eigenvalue weighted by Crippen LogP contribution is -2.32. The average Bonchev–Trinajstić information content (AvgIpc) is 3.23. The van der Waals surface area contributed by atoms with Gasteiger partial charge in [0.05, 0.1) is 10.2 Å². The lowest BCUT2D eigenvalue weighted by Gasteiger charge is -2.29. The maximum Gasteiger partial charge on any atom is 0.284 e. The molecule has 0 saturated carbocycles. The predicted octanol–water partition coefficient (Wildman–Crippen LogP) is 4.43. The molecule has 0 radical (unpaired) electrons. The average molecular weight is 391 g/mol. The predicted molar refractivity (Wildman–Crippen MR) is 112 cm³/mol. The fourth-order valence-electron chi connectivity index (χ4n) is 3.60. The number of thiophene rings is 1. The molecule has 1 aliphatic rings. The van der Waals surface area contributed by atoms with Gasteiger partial charge in [-0.3, -0.25) is 9.69 Å². The second-order valence-electron chi connectivity index (χ2n) is 6.94. The Hall–Kier alpha value is -2.83. The highest BCUT2D eigenvalue weighted by Crippen LogP contribution is 2.31. The minimum atomic E-state index is -0.462. The molecule has 28 heavy (non-hydrogen) atoms. The van der Waals surface area contributed by atoms with Crippen molar-refractivity contribution in [1.29, 1.82) is 0 Å². The number of hydrogen-bond acceptors (Lipinski definition) is 5. The van der Waals surface area contributed by atoms with Crippen LogP contribution in [0, 0.1) is 4.91 Å². The van der Waals surface area contributed by atoms with E-state index in [-0.39, 0.29) is 0 Å². The Morgan fingerprint density at radius 2 is 1.93 bits per heavy atom. The number of carbonyl (C=O) groups excluding carboxylic acids is 1. The largest absolute Gasteiger partial charge is 0.298 e. The molecular weight excluding hydrogens is 370 g/mol. The molecule has 1 aliphatic heterocycles. The van der Waals surface area contributed by atoms with Crippen molar-refractivity contribution in [3.63, 3.8) is 0 Å². The first kappa shape index (κ1) is 18.5. The molecule has 4 rings (SSSR count). The summed E-state index contributed by atoms with van der Waals surface area (Å²) in [6.07, 6.45) is 2.12. The topological polar surface area (TPSA) is 61.8 Å². The highest BCUT2D eigenvalue weighted by Gasteiger charge is 2.17. The number of nitrogens with one attached hydrogen (secondary N) is 1. The maximum atomic E-state index is 11.8. The first-order valence-corrected chi connectivity index (χ1v) is 10.2. The quantitative estimate of drug-likeness (QED) is 0.500. The highest BCUT2D eigenvalue weighted by atomic mass is 32.1. The Labute approximate surface area is 168 Å². The van der Waals surface area contributed by atoms with E-state index in [4.69, 9.17) is 0 Å². The molecule has 0 bridgehead atoms. The minimum absolute atomic E-state index is 0.462. The maximum absolute atomic E-state index is 11.8. The zero-order valence-corrected chi connectivity index (χ0v) is 16.2. The van der Waals surface area contributed by atoms with Crippen molar-refractivity contribution in [3.8, 4) is 10.4 Å². The second-order valence-corrected chi connectivity index (χ2v) is 8.03. The summed E-state index contributed by atoms with van der Waals surface area (Å²) < 4.78 is 0. The number of nitrogens with zero attached hydrogens (tertiary/aromatic N) is 2. The Balaban J connectivity index is 1.46. The van der Waals surface area contributed by atoms with Crippen LogP contribution < -0.4 is 5.43 Å². The fraction of sp³-hybridized carbons (Fsp3) is 0.227. The lowest BCUT2D eigenvalue weighted by atomic mass is 9.96. The van der Waals surface area contributed by atoms with Crippen molar-refractivity contribution in [2.24, 2.45) is 5.29 Å². The molecule has 0 saturated heterocycles. The smallest absolute Gasteiger partial charge is 0.284 e. The van der Waals surface area contributed by atoms with E-state index >= 15 is 0 Å². The van der Waals surface area contributed by atoms with E-state index in [9.17, 15) is 9.70 Å². The standard InChI is InChI=1S/C22H21N3O2S/c26-22(23-24-27)21-9-8-20(28-21)18-7-6-17-11-13-25(15-19(17)14-18)12-10-16-4-2-1-3-5-16/h1-9,14H,10-13,15H2,(H,23,26,27). The van der Waals surface area contributed by atoms with Crippen LogP contribution in [0.4, 0.5) is 0 Å². The van der Waals surface area contributed by atoms with Crippen LogP contribution in [0.5, 0.6) is 0 Å². The Bertz CT molecular complexity index is 984. The molecule has 1 amide bonds. The van der Waals surface area contributed by atoms with Gasteiger partial charge in [-0.2, -0.15) is 0 Å². The van der Waals surface area contributed by atoms with Gasteiger partial charge < -0.3 is 0 Å². The van der Waals surface area contributed by atoms with E-state index in [1.54, 1.807) is 6.07 Å². The SMILES string of the molecule is O=NNC(=O)c1ccc(-c2ccc3c(c2)CN(CCc2ccccc2)CC3)s1. The van der Waals surface area contributed by atoms with Crippen LogP contribution >= 0.6 is 11.3 Å². The molecule has 2 heterocycles. The van der Waals surface area contributed by atoms with Crippen molar-refractivity contribution in [3.05, 3.63) is 87.1 Å². The van der Waals surface area contributed by atoms with E-state index in [0.29, 0.717) is 4.88 Å². The Morgan fingerprint density at radius 1 is 1.07 bits per heavy atom. The van der Waals surface area contributed by atoms with Gasteiger partial charge >= 0.3 is 0 Å². The number of benzene rings is 2. The number of nitroso groups, excluding NO2 is 1. The van der Waals surface area contributed by atoms with Gasteiger partial charge in [0.1, 0.15) is 0 Å². The van der Waals surface area contributed by atoms with Crippen LogP contribution in [0.15, 0.2) is 65.9 Å². The molecule has 6 heteroatoms. The molecule has 0 aliphatic carbocycles. The van der Waals surface area contributed by atoms with Gasteiger partial charge in [-0.05, 0) is 53.3 Å². The zero-order chi connectivity index (χ0) is 19.3. The van der Waals surface area contributed by atoms with E-state index < -0.39 is 5.91 Å². The molecule has 3 aromatic rings. The Kier molecular flexibility index (Phi) is 5.60. The number of carbonyl (C=O) groups is 1. The molecule has 142 valence electrons. The van der Waals surface area contributed by atoms with Crippen molar-refractivity contribution in [1.82, 2.24) is 10.3 Å². The molecule has 1 aromatic heterocycles. The molecule has 5 nitrogen and oxygen atoms in total. The lowest BCUT2D eigenvalue weighted by molar-refractivity contribution is 0.0958. The van der Waals surface area contributed by atoms with Crippen LogP contribution in [-0.4, -0.2) is 23.9 Å². The molecule has 0 spiro atoms. The van der Waals surface area contributed by atoms with Gasteiger partial charge in [0.25, 0.3) is 5.91 Å². The van der Waals surface area contributed by atoms with Gasteiger partial charge in [0.2, 0.25) is 0 Å². The third kappa shape index (κ3) is 4.18. The van der Waals surface area contributed by atoms with Gasteiger partial charge in [-0.1, -0.05) is 42.5 Å². The van der Waals surface area contributed by atoms with Crippen LogP contribution in [0.2, 0.25) is 0 Å². The summed E-state index contributed by atoms with van der Waals surface area (Å²) in [6.45, 7) is 3.08. The van der Waals surface area contributed by atoms with Crippen molar-refractivity contribution < 1.29 is 4.79 Å². The number of rotatable bonds is 6. The molecule has 2 aromatic carbocycles. The summed E-state index contributed by atoms with van der Waals surface area (Å²) in [5.41, 5.74) is 7.17. The third-order valence-corrected chi connectivity index (χ3v) is 6.25. The molecule has 0 fully saturated rings. The third-order valence-electron chi connectivity index (χ3n) is 5.12. The second kappa shape index (κ2) is 8.46. The molecule has 0 atom stereocenters. The summed E-state index contributed by atoms with van der Waals surface area (Å²) in [6, 6.07) is 20.8. The van der Waals surface area contributed by atoms with Gasteiger partial charge in [0, 0.05) is 24.5 Å². The number of amides is 1. The summed E-state index contributed by atoms with van der Waals surface area (Å²) in [7, 11) is 0. The van der Waals surface area contributed by atoms with Gasteiger partial charge in [-0.15, -0.1) is 16.2 Å². The van der Waals surface area contributed by atoms with E-state index in [2.05, 4.69) is 58.7 Å². The van der Waals surface area contributed by atoms with Gasteiger partial charge in [0.15, 0.2) is 0 Å². The Morgan fingerprint density at radius 3 is 2.75 bits per heavy atom. The summed E-state index contributed by atoms with van der Waals surface area (Å²) in [4.78, 5) is 26.0. The van der Waals surface area contributed by atoms with E-state index in [0.717, 1.165) is 42.9 Å². The van der Waals surface area contributed by atoms with Crippen LogP contribution in [0.25, 0.3) is 10.4 Å². The minimum Gasteiger partial charge on any atom is -0.298 e. The van der Waals surface area contributed by atoms with Crippen LogP contribution in [0.3, 0.4) is 0 Å². The fourth-order valence-corrected chi connectivity index (χ4v) is 4.50. The first-order chi connectivity index (χ1) is 13.7. The zero-order valence-electron chi connectivity index (χ0n) is 15.4. The van der Waals surface area contributed by atoms with Crippen molar-refractivity contribution in [2.75, 3.05) is 13.1 Å². The normalized spacial score (nSPS) is 13.7. The van der Waals surface area contributed by atoms with Crippen molar-refractivity contribution >= 4 is 17.2 Å². The monoisotopic (exact) mass is 391 g/mol. The summed E-state index contributed by atoms with van der Waals surface area (Å²) >= 11 is 1.37. The first-order valence-electron chi connectivity index (χ1n) is 9.34. The number of hydrogen-bond donors (Lipinski definition) is 1. The molecule has 0 unspecified atom stereocenters.